The number of aryl methyl sites for hydroxylation is 1. The Bertz CT molecular complexity index is 350. The van der Waals surface area contributed by atoms with E-state index in [0.29, 0.717) is 13.1 Å². The second-order valence-electron chi connectivity index (χ2n) is 4.17. The lowest BCUT2D eigenvalue weighted by Crippen LogP contribution is -2.33. The first kappa shape index (κ1) is 12.7. The highest BCUT2D eigenvalue weighted by molar-refractivity contribution is 5.78. The van der Waals surface area contributed by atoms with Crippen molar-refractivity contribution < 1.29 is 4.79 Å². The molecule has 1 rings (SSSR count). The van der Waals surface area contributed by atoms with Crippen molar-refractivity contribution >= 4 is 5.91 Å². The number of hydrogen-bond donors (Lipinski definition) is 2. The molecular formula is C13H20N2O. The first-order valence-corrected chi connectivity index (χ1v) is 5.61. The van der Waals surface area contributed by atoms with Gasteiger partial charge in [-0.2, -0.15) is 0 Å². The van der Waals surface area contributed by atoms with Crippen molar-refractivity contribution in [3.8, 4) is 0 Å². The molecule has 0 heterocycles. The summed E-state index contributed by atoms with van der Waals surface area (Å²) in [5, 5.41) is 5.93. The highest BCUT2D eigenvalue weighted by Gasteiger charge is 2.10. The van der Waals surface area contributed by atoms with E-state index in [1.165, 1.54) is 5.56 Å². The summed E-state index contributed by atoms with van der Waals surface area (Å²) in [6.45, 7) is 5.28. The van der Waals surface area contributed by atoms with Crippen molar-refractivity contribution in [3.63, 3.8) is 0 Å². The molecule has 1 unspecified atom stereocenters. The molecule has 0 aliphatic carbocycles. The van der Waals surface area contributed by atoms with Crippen LogP contribution in [0, 0.1) is 12.8 Å². The maximum Gasteiger partial charge on any atom is 0.224 e. The Morgan fingerprint density at radius 2 is 2.19 bits per heavy atom. The fourth-order valence-corrected chi connectivity index (χ4v) is 1.58. The highest BCUT2D eigenvalue weighted by Crippen LogP contribution is 2.03. The summed E-state index contributed by atoms with van der Waals surface area (Å²) < 4.78 is 0. The molecule has 0 aliphatic rings. The van der Waals surface area contributed by atoms with E-state index in [0.717, 1.165) is 5.56 Å². The predicted octanol–water partition coefficient (Wildman–Crippen LogP) is 1.47. The summed E-state index contributed by atoms with van der Waals surface area (Å²) in [4.78, 5) is 11.6. The Kier molecular flexibility index (Phi) is 4.99. The first-order chi connectivity index (χ1) is 7.63. The third-order valence-electron chi connectivity index (χ3n) is 2.51. The molecule has 1 atom stereocenters. The fraction of sp³-hybridized carbons (Fsp3) is 0.462. The van der Waals surface area contributed by atoms with Gasteiger partial charge in [-0.05, 0) is 19.5 Å². The molecule has 0 saturated carbocycles. The molecule has 0 fully saturated rings. The minimum absolute atomic E-state index is 0.00908. The van der Waals surface area contributed by atoms with Gasteiger partial charge in [0.2, 0.25) is 5.91 Å². The van der Waals surface area contributed by atoms with E-state index in [4.69, 9.17) is 0 Å². The van der Waals surface area contributed by atoms with Crippen molar-refractivity contribution in [1.29, 1.82) is 0 Å². The van der Waals surface area contributed by atoms with Crippen molar-refractivity contribution in [2.75, 3.05) is 13.6 Å². The SMILES string of the molecule is CNCC(C)C(=O)NCc1cccc(C)c1. The number of amides is 1. The molecule has 3 nitrogen and oxygen atoms in total. The predicted molar refractivity (Wildman–Crippen MR) is 66.1 cm³/mol. The summed E-state index contributed by atoms with van der Waals surface area (Å²) in [5.74, 6) is 0.102. The van der Waals surface area contributed by atoms with Gasteiger partial charge in [0.25, 0.3) is 0 Å². The second kappa shape index (κ2) is 6.28. The summed E-state index contributed by atoms with van der Waals surface area (Å²) >= 11 is 0. The second-order valence-corrected chi connectivity index (χ2v) is 4.17. The van der Waals surface area contributed by atoms with Gasteiger partial charge in [-0.25, -0.2) is 0 Å². The summed E-state index contributed by atoms with van der Waals surface area (Å²) in [6, 6.07) is 8.17. The van der Waals surface area contributed by atoms with E-state index in [2.05, 4.69) is 29.7 Å². The van der Waals surface area contributed by atoms with E-state index in [1.807, 2.05) is 26.1 Å². The summed E-state index contributed by atoms with van der Waals surface area (Å²) in [7, 11) is 1.85. The Hall–Kier alpha value is -1.35. The molecule has 1 amide bonds. The van der Waals surface area contributed by atoms with Crippen LogP contribution in [-0.4, -0.2) is 19.5 Å². The van der Waals surface area contributed by atoms with Gasteiger partial charge in [0.1, 0.15) is 0 Å². The standard InChI is InChI=1S/C13H20N2O/c1-10-5-4-6-12(7-10)9-15-13(16)11(2)8-14-3/h4-7,11,14H,8-9H2,1-3H3,(H,15,16). The molecule has 0 saturated heterocycles. The topological polar surface area (TPSA) is 41.1 Å². The van der Waals surface area contributed by atoms with Crippen LogP contribution in [0.2, 0.25) is 0 Å². The number of rotatable bonds is 5. The monoisotopic (exact) mass is 220 g/mol. The zero-order valence-electron chi connectivity index (χ0n) is 10.2. The molecule has 16 heavy (non-hydrogen) atoms. The number of benzene rings is 1. The lowest BCUT2D eigenvalue weighted by Gasteiger charge is -2.11. The maximum absolute atomic E-state index is 11.6. The van der Waals surface area contributed by atoms with Crippen LogP contribution >= 0.6 is 0 Å². The molecule has 0 spiro atoms. The number of carbonyl (C=O) groups excluding carboxylic acids is 1. The normalized spacial score (nSPS) is 12.2. The van der Waals surface area contributed by atoms with Crippen molar-refractivity contribution in [1.82, 2.24) is 10.6 Å². The van der Waals surface area contributed by atoms with Crippen LogP contribution in [0.3, 0.4) is 0 Å². The van der Waals surface area contributed by atoms with E-state index < -0.39 is 0 Å². The zero-order chi connectivity index (χ0) is 12.0. The molecule has 3 heteroatoms. The lowest BCUT2D eigenvalue weighted by atomic mass is 10.1. The largest absolute Gasteiger partial charge is 0.352 e. The van der Waals surface area contributed by atoms with Crippen LogP contribution in [0.1, 0.15) is 18.1 Å². The number of nitrogens with one attached hydrogen (secondary N) is 2. The smallest absolute Gasteiger partial charge is 0.224 e. The third kappa shape index (κ3) is 4.03. The highest BCUT2D eigenvalue weighted by atomic mass is 16.1. The van der Waals surface area contributed by atoms with Crippen molar-refractivity contribution in [2.45, 2.75) is 20.4 Å². The molecular weight excluding hydrogens is 200 g/mol. The van der Waals surface area contributed by atoms with Gasteiger partial charge in [0, 0.05) is 19.0 Å². The van der Waals surface area contributed by atoms with Crippen LogP contribution in [0.5, 0.6) is 0 Å². The van der Waals surface area contributed by atoms with Crippen LogP contribution < -0.4 is 10.6 Å². The van der Waals surface area contributed by atoms with Gasteiger partial charge in [0.05, 0.1) is 0 Å². The van der Waals surface area contributed by atoms with Gasteiger partial charge in [0.15, 0.2) is 0 Å². The van der Waals surface area contributed by atoms with Crippen molar-refractivity contribution in [3.05, 3.63) is 35.4 Å². The van der Waals surface area contributed by atoms with Crippen LogP contribution in [0.25, 0.3) is 0 Å². The van der Waals surface area contributed by atoms with Crippen LogP contribution in [0.4, 0.5) is 0 Å². The zero-order valence-corrected chi connectivity index (χ0v) is 10.2. The maximum atomic E-state index is 11.6. The Morgan fingerprint density at radius 3 is 2.81 bits per heavy atom. The number of carbonyl (C=O) groups is 1. The third-order valence-corrected chi connectivity index (χ3v) is 2.51. The molecule has 1 aromatic carbocycles. The van der Waals surface area contributed by atoms with Crippen LogP contribution in [0.15, 0.2) is 24.3 Å². The molecule has 0 aromatic heterocycles. The fourth-order valence-electron chi connectivity index (χ4n) is 1.58. The minimum Gasteiger partial charge on any atom is -0.352 e. The summed E-state index contributed by atoms with van der Waals surface area (Å²) in [6.07, 6.45) is 0. The number of hydrogen-bond acceptors (Lipinski definition) is 2. The molecule has 88 valence electrons. The molecule has 2 N–H and O–H groups in total. The average Bonchev–Trinajstić information content (AvgIpc) is 2.26. The quantitative estimate of drug-likeness (QED) is 0.789. The lowest BCUT2D eigenvalue weighted by molar-refractivity contribution is -0.124. The molecule has 0 radical (unpaired) electrons. The van der Waals surface area contributed by atoms with Gasteiger partial charge in [-0.3, -0.25) is 4.79 Å². The van der Waals surface area contributed by atoms with Gasteiger partial charge in [-0.1, -0.05) is 36.8 Å². The average molecular weight is 220 g/mol. The molecule has 0 bridgehead atoms. The van der Waals surface area contributed by atoms with Crippen LogP contribution in [-0.2, 0) is 11.3 Å². The Labute approximate surface area is 97.2 Å². The Morgan fingerprint density at radius 1 is 1.44 bits per heavy atom. The molecule has 1 aromatic rings. The molecule has 0 aliphatic heterocycles. The van der Waals surface area contributed by atoms with Gasteiger partial charge in [-0.15, -0.1) is 0 Å². The summed E-state index contributed by atoms with van der Waals surface area (Å²) in [5.41, 5.74) is 2.36. The first-order valence-electron chi connectivity index (χ1n) is 5.61. The Balaban J connectivity index is 2.42. The van der Waals surface area contributed by atoms with Gasteiger partial charge >= 0.3 is 0 Å². The van der Waals surface area contributed by atoms with E-state index in [9.17, 15) is 4.79 Å². The van der Waals surface area contributed by atoms with Crippen molar-refractivity contribution in [2.24, 2.45) is 5.92 Å². The van der Waals surface area contributed by atoms with E-state index >= 15 is 0 Å². The van der Waals surface area contributed by atoms with E-state index in [1.54, 1.807) is 0 Å². The van der Waals surface area contributed by atoms with E-state index in [-0.39, 0.29) is 11.8 Å². The van der Waals surface area contributed by atoms with Gasteiger partial charge < -0.3 is 10.6 Å². The minimum atomic E-state index is 0.00908.